The molecule has 1 aliphatic carbocycles. The molecule has 3 aromatic rings. The van der Waals surface area contributed by atoms with Crippen LogP contribution < -0.4 is 10.0 Å². The van der Waals surface area contributed by atoms with Crippen LogP contribution in [0.4, 0.5) is 13.2 Å². The quantitative estimate of drug-likeness (QED) is 0.395. The summed E-state index contributed by atoms with van der Waals surface area (Å²) in [6.45, 7) is 0. The Morgan fingerprint density at radius 1 is 1.15 bits per heavy atom. The van der Waals surface area contributed by atoms with Gasteiger partial charge in [0.05, 0.1) is 21.3 Å². The number of furan rings is 1. The minimum atomic E-state index is -4.71. The van der Waals surface area contributed by atoms with Crippen LogP contribution in [0.3, 0.4) is 0 Å². The van der Waals surface area contributed by atoms with E-state index < -0.39 is 21.9 Å². The molecule has 13 heteroatoms. The maximum Gasteiger partial charge on any atom is 0.436 e. The summed E-state index contributed by atoms with van der Waals surface area (Å²) in [5.74, 6) is 0.160. The molecule has 182 valence electrons. The van der Waals surface area contributed by atoms with Crippen LogP contribution in [-0.2, 0) is 16.2 Å². The maximum atomic E-state index is 13.5. The van der Waals surface area contributed by atoms with Gasteiger partial charge >= 0.3 is 6.18 Å². The smallest absolute Gasteiger partial charge is 0.436 e. The molecule has 1 aliphatic rings. The van der Waals surface area contributed by atoms with Gasteiger partial charge in [-0.15, -0.1) is 0 Å². The van der Waals surface area contributed by atoms with Gasteiger partial charge in [-0.3, -0.25) is 4.72 Å². The zero-order chi connectivity index (χ0) is 24.5. The Balaban J connectivity index is 1.59. The van der Waals surface area contributed by atoms with Gasteiger partial charge in [-0.1, -0.05) is 19.3 Å². The molecular weight excluding hydrogens is 557 g/mol. The van der Waals surface area contributed by atoms with Crippen LogP contribution in [0.1, 0.15) is 37.8 Å². The topological polar surface area (TPSA) is 89.2 Å². The monoisotopic (exact) mass is 576 g/mol. The Bertz CT molecular complexity index is 1270. The van der Waals surface area contributed by atoms with Crippen LogP contribution in [0.25, 0.3) is 17.1 Å². The summed E-state index contributed by atoms with van der Waals surface area (Å²) in [5.41, 5.74) is -0.871. The molecule has 2 heterocycles. The lowest BCUT2D eigenvalue weighted by Gasteiger charge is -2.24. The van der Waals surface area contributed by atoms with Gasteiger partial charge in [0.1, 0.15) is 5.69 Å². The minimum absolute atomic E-state index is 0.0157. The Hall–Kier alpha value is -2.38. The highest BCUT2D eigenvalue weighted by atomic mass is 79.9. The molecule has 0 amide bonds. The number of benzene rings is 1. The normalized spacial score (nSPS) is 15.3. The van der Waals surface area contributed by atoms with Crippen LogP contribution in [-0.4, -0.2) is 29.4 Å². The first-order valence-electron chi connectivity index (χ1n) is 10.4. The van der Waals surface area contributed by atoms with E-state index in [4.69, 9.17) is 16.6 Å². The maximum absolute atomic E-state index is 13.5. The molecule has 2 N–H and O–H groups in total. The largest absolute Gasteiger partial charge is 0.463 e. The third kappa shape index (κ3) is 5.31. The zero-order valence-corrected chi connectivity index (χ0v) is 20.8. The SMILES string of the molecule is O=S(=O)(NC(=S)NC1CCCCC1)c1ccc(-n2nc(C(F)(F)F)c(Br)c2-c2ccco2)cc1. The van der Waals surface area contributed by atoms with E-state index in [9.17, 15) is 21.6 Å². The van der Waals surface area contributed by atoms with E-state index in [-0.39, 0.29) is 37.7 Å². The van der Waals surface area contributed by atoms with E-state index in [1.54, 1.807) is 0 Å². The number of nitrogens with one attached hydrogen (secondary N) is 2. The van der Waals surface area contributed by atoms with Crippen molar-refractivity contribution in [3.63, 3.8) is 0 Å². The molecule has 1 saturated carbocycles. The molecule has 0 unspecified atom stereocenters. The third-order valence-electron chi connectivity index (χ3n) is 5.41. The third-order valence-corrected chi connectivity index (χ3v) is 7.88. The molecular formula is C21H20BrF3N4O3S2. The van der Waals surface area contributed by atoms with Gasteiger partial charge in [-0.25, -0.2) is 13.1 Å². The van der Waals surface area contributed by atoms with Gasteiger partial charge < -0.3 is 9.73 Å². The minimum Gasteiger partial charge on any atom is -0.463 e. The predicted octanol–water partition coefficient (Wildman–Crippen LogP) is 5.40. The summed E-state index contributed by atoms with van der Waals surface area (Å²) in [5, 5.41) is 6.75. The second kappa shape index (κ2) is 9.70. The number of aromatic nitrogens is 2. The van der Waals surface area contributed by atoms with E-state index >= 15 is 0 Å². The summed E-state index contributed by atoms with van der Waals surface area (Å²) in [7, 11) is -3.98. The van der Waals surface area contributed by atoms with E-state index in [1.165, 1.54) is 42.7 Å². The number of hydrogen-bond donors (Lipinski definition) is 2. The van der Waals surface area contributed by atoms with Crippen LogP contribution >= 0.6 is 28.1 Å². The average Bonchev–Trinajstić information content (AvgIpc) is 3.41. The van der Waals surface area contributed by atoms with Crippen molar-refractivity contribution in [1.29, 1.82) is 0 Å². The first-order valence-corrected chi connectivity index (χ1v) is 13.1. The first-order chi connectivity index (χ1) is 16.1. The number of nitrogens with zero attached hydrogens (tertiary/aromatic N) is 2. The summed E-state index contributed by atoms with van der Waals surface area (Å²) in [6, 6.07) is 8.44. The summed E-state index contributed by atoms with van der Waals surface area (Å²) in [4.78, 5) is -0.0918. The van der Waals surface area contributed by atoms with Gasteiger partial charge in [0, 0.05) is 6.04 Å². The van der Waals surface area contributed by atoms with Crippen LogP contribution in [0.2, 0.25) is 0 Å². The van der Waals surface area contributed by atoms with Crippen LogP contribution in [0.5, 0.6) is 0 Å². The van der Waals surface area contributed by atoms with E-state index in [2.05, 4.69) is 31.1 Å². The van der Waals surface area contributed by atoms with Gasteiger partial charge in [0.2, 0.25) is 0 Å². The fraction of sp³-hybridized carbons (Fsp3) is 0.333. The molecule has 1 fully saturated rings. The van der Waals surface area contributed by atoms with E-state index in [1.807, 2.05) is 0 Å². The van der Waals surface area contributed by atoms with Crippen LogP contribution in [0.15, 0.2) is 56.4 Å². The van der Waals surface area contributed by atoms with Gasteiger partial charge in [0.25, 0.3) is 10.0 Å². The standard InChI is InChI=1S/C21H20BrF3N4O3S2/c22-17-18(16-7-4-12-32-16)29(27-19(17)21(23,24)25)14-8-10-15(11-9-14)34(30,31)28-20(33)26-13-5-2-1-3-6-13/h4,7-13H,1-3,5-6H2,(H2,26,28,33). The Labute approximate surface area is 207 Å². The zero-order valence-electron chi connectivity index (χ0n) is 17.6. The second-order valence-electron chi connectivity index (χ2n) is 7.81. The molecule has 0 spiro atoms. The number of sulfonamides is 1. The fourth-order valence-electron chi connectivity index (χ4n) is 3.80. The van der Waals surface area contributed by atoms with E-state index in [0.29, 0.717) is 0 Å². The molecule has 2 aromatic heterocycles. The number of halogens is 4. The molecule has 7 nitrogen and oxygen atoms in total. The molecule has 0 radical (unpaired) electrons. The molecule has 4 rings (SSSR count). The Morgan fingerprint density at radius 3 is 2.41 bits per heavy atom. The highest BCUT2D eigenvalue weighted by Crippen LogP contribution is 2.41. The van der Waals surface area contributed by atoms with Crippen molar-refractivity contribution in [1.82, 2.24) is 19.8 Å². The van der Waals surface area contributed by atoms with Crippen molar-refractivity contribution in [3.8, 4) is 17.1 Å². The van der Waals surface area contributed by atoms with Gasteiger partial charge in [0.15, 0.2) is 16.6 Å². The van der Waals surface area contributed by atoms with Crippen molar-refractivity contribution in [3.05, 3.63) is 52.8 Å². The van der Waals surface area contributed by atoms with Crippen molar-refractivity contribution in [2.75, 3.05) is 0 Å². The average molecular weight is 577 g/mol. The fourth-order valence-corrected chi connectivity index (χ4v) is 5.88. The highest BCUT2D eigenvalue weighted by molar-refractivity contribution is 9.10. The summed E-state index contributed by atoms with van der Waals surface area (Å²) < 4.78 is 74.3. The van der Waals surface area contributed by atoms with Crippen molar-refractivity contribution in [2.45, 2.75) is 49.2 Å². The van der Waals surface area contributed by atoms with Gasteiger partial charge in [-0.05, 0) is 77.4 Å². The summed E-state index contributed by atoms with van der Waals surface area (Å²) in [6.07, 6.45) is 1.75. The number of rotatable bonds is 5. The second-order valence-corrected chi connectivity index (χ2v) is 10.7. The molecule has 0 saturated heterocycles. The first kappa shape index (κ1) is 24.7. The van der Waals surface area contributed by atoms with Crippen molar-refractivity contribution >= 4 is 43.3 Å². The van der Waals surface area contributed by atoms with Crippen molar-refractivity contribution < 1.29 is 26.0 Å². The molecule has 0 atom stereocenters. The lowest BCUT2D eigenvalue weighted by Crippen LogP contribution is -2.44. The van der Waals surface area contributed by atoms with E-state index in [0.717, 1.165) is 36.8 Å². The molecule has 0 aliphatic heterocycles. The predicted molar refractivity (Wildman–Crippen MR) is 127 cm³/mol. The highest BCUT2D eigenvalue weighted by Gasteiger charge is 2.39. The van der Waals surface area contributed by atoms with Gasteiger partial charge in [-0.2, -0.15) is 18.3 Å². The Morgan fingerprint density at radius 2 is 1.82 bits per heavy atom. The molecule has 0 bridgehead atoms. The van der Waals surface area contributed by atoms with Crippen LogP contribution in [0, 0.1) is 0 Å². The Kier molecular flexibility index (Phi) is 7.06. The number of hydrogen-bond acceptors (Lipinski definition) is 5. The summed E-state index contributed by atoms with van der Waals surface area (Å²) >= 11 is 8.14. The van der Waals surface area contributed by atoms with Crippen molar-refractivity contribution in [2.24, 2.45) is 0 Å². The number of thiocarbonyl (C=S) groups is 1. The molecule has 34 heavy (non-hydrogen) atoms. The lowest BCUT2D eigenvalue weighted by atomic mass is 9.96. The number of alkyl halides is 3. The lowest BCUT2D eigenvalue weighted by molar-refractivity contribution is -0.141. The molecule has 1 aromatic carbocycles.